The summed E-state index contributed by atoms with van der Waals surface area (Å²) < 4.78 is 5.23. The molecule has 0 saturated heterocycles. The van der Waals surface area contributed by atoms with Crippen LogP contribution in [-0.2, 0) is 0 Å². The first-order chi connectivity index (χ1) is 8.20. The number of ether oxygens (including phenoxy) is 1. The molecule has 0 aromatic carbocycles. The van der Waals surface area contributed by atoms with Gasteiger partial charge >= 0.3 is 0 Å². The van der Waals surface area contributed by atoms with Crippen molar-refractivity contribution < 1.29 is 4.74 Å². The van der Waals surface area contributed by atoms with Gasteiger partial charge in [0.05, 0.1) is 13.3 Å². The lowest BCUT2D eigenvalue weighted by Gasteiger charge is -2.37. The van der Waals surface area contributed by atoms with Crippen molar-refractivity contribution in [2.45, 2.75) is 38.6 Å². The highest BCUT2D eigenvalue weighted by Crippen LogP contribution is 2.42. The molecule has 94 valence electrons. The molecule has 0 amide bonds. The van der Waals surface area contributed by atoms with E-state index in [4.69, 9.17) is 4.74 Å². The SMILES string of the molecule is COc1cncc(C2CCC2CNC(C)C)c1. The molecule has 1 aromatic rings. The predicted molar refractivity (Wildman–Crippen MR) is 69.4 cm³/mol. The van der Waals surface area contributed by atoms with E-state index in [1.54, 1.807) is 13.3 Å². The molecule has 1 fully saturated rings. The van der Waals surface area contributed by atoms with Crippen LogP contribution < -0.4 is 10.1 Å². The Hall–Kier alpha value is -1.09. The quantitative estimate of drug-likeness (QED) is 0.850. The first kappa shape index (κ1) is 12.4. The molecule has 1 heterocycles. The molecule has 0 radical (unpaired) electrons. The lowest BCUT2D eigenvalue weighted by molar-refractivity contribution is 0.240. The molecule has 1 N–H and O–H groups in total. The predicted octanol–water partition coefficient (Wildman–Crippen LogP) is 2.58. The average Bonchev–Trinajstić information content (AvgIpc) is 2.27. The van der Waals surface area contributed by atoms with Crippen LogP contribution in [0.2, 0.25) is 0 Å². The summed E-state index contributed by atoms with van der Waals surface area (Å²) >= 11 is 0. The van der Waals surface area contributed by atoms with Crippen LogP contribution in [0.3, 0.4) is 0 Å². The smallest absolute Gasteiger partial charge is 0.137 e. The van der Waals surface area contributed by atoms with E-state index in [2.05, 4.69) is 30.2 Å². The Kier molecular flexibility index (Phi) is 4.00. The number of hydrogen-bond donors (Lipinski definition) is 1. The third-order valence-electron chi connectivity index (χ3n) is 3.60. The Labute approximate surface area is 104 Å². The van der Waals surface area contributed by atoms with Crippen LogP contribution in [0.4, 0.5) is 0 Å². The maximum atomic E-state index is 5.23. The first-order valence-corrected chi connectivity index (χ1v) is 6.43. The van der Waals surface area contributed by atoms with Crippen LogP contribution in [-0.4, -0.2) is 24.7 Å². The lowest BCUT2D eigenvalue weighted by atomic mass is 9.70. The van der Waals surface area contributed by atoms with E-state index in [1.165, 1.54) is 18.4 Å². The third kappa shape index (κ3) is 2.97. The zero-order valence-electron chi connectivity index (χ0n) is 10.9. The standard InChI is InChI=1S/C14H22N2O/c1-10(2)16-8-11-4-5-14(11)12-6-13(17-3)9-15-7-12/h6-7,9-11,14,16H,4-5,8H2,1-3H3. The van der Waals surface area contributed by atoms with E-state index in [9.17, 15) is 0 Å². The van der Waals surface area contributed by atoms with E-state index in [-0.39, 0.29) is 0 Å². The molecule has 1 aliphatic carbocycles. The molecule has 3 nitrogen and oxygen atoms in total. The summed E-state index contributed by atoms with van der Waals surface area (Å²) in [6.45, 7) is 5.50. The van der Waals surface area contributed by atoms with Crippen LogP contribution in [0.25, 0.3) is 0 Å². The number of methoxy groups -OCH3 is 1. The lowest BCUT2D eigenvalue weighted by Crippen LogP contribution is -2.36. The van der Waals surface area contributed by atoms with Gasteiger partial charge in [0.15, 0.2) is 0 Å². The highest BCUT2D eigenvalue weighted by Gasteiger charge is 2.32. The fraction of sp³-hybridized carbons (Fsp3) is 0.643. The van der Waals surface area contributed by atoms with Gasteiger partial charge in [0, 0.05) is 12.2 Å². The van der Waals surface area contributed by atoms with Crippen molar-refractivity contribution >= 4 is 0 Å². The van der Waals surface area contributed by atoms with Gasteiger partial charge in [0.2, 0.25) is 0 Å². The van der Waals surface area contributed by atoms with E-state index in [1.807, 2.05) is 6.20 Å². The summed E-state index contributed by atoms with van der Waals surface area (Å²) in [5.41, 5.74) is 1.33. The van der Waals surface area contributed by atoms with E-state index >= 15 is 0 Å². The second kappa shape index (κ2) is 5.50. The number of nitrogens with one attached hydrogen (secondary N) is 1. The van der Waals surface area contributed by atoms with Gasteiger partial charge in [-0.1, -0.05) is 13.8 Å². The molecule has 1 aromatic heterocycles. The molecule has 3 heteroatoms. The highest BCUT2D eigenvalue weighted by atomic mass is 16.5. The summed E-state index contributed by atoms with van der Waals surface area (Å²) in [6.07, 6.45) is 6.35. The van der Waals surface area contributed by atoms with Crippen molar-refractivity contribution in [3.63, 3.8) is 0 Å². The van der Waals surface area contributed by atoms with Crippen molar-refractivity contribution in [3.8, 4) is 5.75 Å². The van der Waals surface area contributed by atoms with Gasteiger partial charge in [-0.3, -0.25) is 4.98 Å². The van der Waals surface area contributed by atoms with E-state index < -0.39 is 0 Å². The molecule has 17 heavy (non-hydrogen) atoms. The highest BCUT2D eigenvalue weighted by molar-refractivity contribution is 5.28. The Morgan fingerprint density at radius 2 is 2.24 bits per heavy atom. The van der Waals surface area contributed by atoms with Gasteiger partial charge in [-0.2, -0.15) is 0 Å². The number of pyridine rings is 1. The minimum Gasteiger partial charge on any atom is -0.495 e. The summed E-state index contributed by atoms with van der Waals surface area (Å²) in [5, 5.41) is 3.52. The van der Waals surface area contributed by atoms with Crippen molar-refractivity contribution in [3.05, 3.63) is 24.0 Å². The summed E-state index contributed by atoms with van der Waals surface area (Å²) in [5.74, 6) is 2.28. The molecular formula is C14H22N2O. The number of aromatic nitrogens is 1. The fourth-order valence-corrected chi connectivity index (χ4v) is 2.39. The van der Waals surface area contributed by atoms with Gasteiger partial charge in [0.1, 0.15) is 5.75 Å². The molecule has 1 aliphatic rings. The van der Waals surface area contributed by atoms with Gasteiger partial charge < -0.3 is 10.1 Å². The van der Waals surface area contributed by atoms with Crippen molar-refractivity contribution in [1.82, 2.24) is 10.3 Å². The molecule has 1 saturated carbocycles. The van der Waals surface area contributed by atoms with Crippen LogP contribution >= 0.6 is 0 Å². The average molecular weight is 234 g/mol. The number of nitrogens with zero attached hydrogens (tertiary/aromatic N) is 1. The molecule has 2 atom stereocenters. The van der Waals surface area contributed by atoms with Crippen molar-refractivity contribution in [1.29, 1.82) is 0 Å². The second-order valence-corrected chi connectivity index (χ2v) is 5.16. The van der Waals surface area contributed by atoms with Gasteiger partial charge in [-0.05, 0) is 42.9 Å². The topological polar surface area (TPSA) is 34.1 Å². The molecule has 0 aliphatic heterocycles. The maximum Gasteiger partial charge on any atom is 0.137 e. The fourth-order valence-electron chi connectivity index (χ4n) is 2.39. The van der Waals surface area contributed by atoms with Gasteiger partial charge in [0.25, 0.3) is 0 Å². The van der Waals surface area contributed by atoms with E-state index in [0.717, 1.165) is 18.2 Å². The third-order valence-corrected chi connectivity index (χ3v) is 3.60. The summed E-state index contributed by atoms with van der Waals surface area (Å²) in [6, 6.07) is 2.69. The monoisotopic (exact) mass is 234 g/mol. The van der Waals surface area contributed by atoms with Crippen LogP contribution in [0.15, 0.2) is 18.5 Å². The first-order valence-electron chi connectivity index (χ1n) is 6.43. The van der Waals surface area contributed by atoms with Gasteiger partial charge in [-0.25, -0.2) is 0 Å². The summed E-state index contributed by atoms with van der Waals surface area (Å²) in [7, 11) is 1.69. The Bertz CT molecular complexity index is 365. The normalized spacial score (nSPS) is 23.5. The van der Waals surface area contributed by atoms with Crippen molar-refractivity contribution in [2.75, 3.05) is 13.7 Å². The number of rotatable bonds is 5. The molecule has 0 spiro atoms. The van der Waals surface area contributed by atoms with E-state index in [0.29, 0.717) is 12.0 Å². The van der Waals surface area contributed by atoms with Crippen LogP contribution in [0.1, 0.15) is 38.2 Å². The Balaban J connectivity index is 1.97. The molecule has 2 unspecified atom stereocenters. The minimum atomic E-state index is 0.569. The van der Waals surface area contributed by atoms with Crippen molar-refractivity contribution in [2.24, 2.45) is 5.92 Å². The minimum absolute atomic E-state index is 0.569. The van der Waals surface area contributed by atoms with Crippen LogP contribution in [0, 0.1) is 5.92 Å². The summed E-state index contributed by atoms with van der Waals surface area (Å²) in [4.78, 5) is 4.24. The molecule has 0 bridgehead atoms. The zero-order chi connectivity index (χ0) is 12.3. The Morgan fingerprint density at radius 3 is 2.82 bits per heavy atom. The zero-order valence-corrected chi connectivity index (χ0v) is 10.9. The maximum absolute atomic E-state index is 5.23. The molecular weight excluding hydrogens is 212 g/mol. The number of hydrogen-bond acceptors (Lipinski definition) is 3. The van der Waals surface area contributed by atoms with Gasteiger partial charge in [-0.15, -0.1) is 0 Å². The second-order valence-electron chi connectivity index (χ2n) is 5.16. The Morgan fingerprint density at radius 1 is 1.41 bits per heavy atom. The molecule has 2 rings (SSSR count). The van der Waals surface area contributed by atoms with Crippen LogP contribution in [0.5, 0.6) is 5.75 Å². The largest absolute Gasteiger partial charge is 0.495 e.